The van der Waals surface area contributed by atoms with Crippen molar-refractivity contribution in [2.45, 2.75) is 52.1 Å². The topological polar surface area (TPSA) is 44.0 Å². The van der Waals surface area contributed by atoms with Gasteiger partial charge in [0.15, 0.2) is 0 Å². The van der Waals surface area contributed by atoms with Gasteiger partial charge >= 0.3 is 0 Å². The van der Waals surface area contributed by atoms with Crippen LogP contribution in [0.25, 0.3) is 0 Å². The van der Waals surface area contributed by atoms with Crippen LogP contribution in [0.5, 0.6) is 0 Å². The molecule has 0 amide bonds. The number of nitrogens with zero attached hydrogens (tertiary/aromatic N) is 2. The summed E-state index contributed by atoms with van der Waals surface area (Å²) in [6.07, 6.45) is 6.92. The highest BCUT2D eigenvalue weighted by Gasteiger charge is 2.26. The highest BCUT2D eigenvalue weighted by atomic mass is 15.2. The lowest BCUT2D eigenvalue weighted by Gasteiger charge is -2.29. The van der Waals surface area contributed by atoms with Crippen molar-refractivity contribution in [2.24, 2.45) is 5.41 Å². The van der Waals surface area contributed by atoms with Crippen molar-refractivity contribution in [3.8, 4) is 0 Å². The zero-order valence-corrected chi connectivity index (χ0v) is 12.2. The van der Waals surface area contributed by atoms with Crippen molar-refractivity contribution < 1.29 is 0 Å². The van der Waals surface area contributed by atoms with E-state index in [1.54, 1.807) is 0 Å². The summed E-state index contributed by atoms with van der Waals surface area (Å²) in [7, 11) is 0. The molecule has 0 radical (unpaired) electrons. The fourth-order valence-electron chi connectivity index (χ4n) is 3.33. The maximum Gasteiger partial charge on any atom is 0.0925 e. The molecule has 2 aliphatic heterocycles. The first kappa shape index (κ1) is 13.1. The van der Waals surface area contributed by atoms with Crippen molar-refractivity contribution in [1.29, 1.82) is 0 Å². The number of rotatable bonds is 2. The van der Waals surface area contributed by atoms with Gasteiger partial charge in [-0.2, -0.15) is 0 Å². The Labute approximate surface area is 116 Å². The van der Waals surface area contributed by atoms with E-state index in [1.807, 2.05) is 6.33 Å². The Morgan fingerprint density at radius 2 is 2.26 bits per heavy atom. The zero-order valence-electron chi connectivity index (χ0n) is 12.2. The quantitative estimate of drug-likeness (QED) is 0.856. The molecule has 106 valence electrons. The maximum atomic E-state index is 4.43. The van der Waals surface area contributed by atoms with Crippen LogP contribution in [0.1, 0.15) is 44.5 Å². The summed E-state index contributed by atoms with van der Waals surface area (Å²) in [4.78, 5) is 10.3. The molecule has 0 bridgehead atoms. The van der Waals surface area contributed by atoms with E-state index < -0.39 is 0 Å². The van der Waals surface area contributed by atoms with E-state index in [0.29, 0.717) is 11.5 Å². The molecule has 0 aromatic carbocycles. The van der Waals surface area contributed by atoms with E-state index >= 15 is 0 Å². The number of aromatic nitrogens is 2. The van der Waals surface area contributed by atoms with Crippen molar-refractivity contribution in [2.75, 3.05) is 19.6 Å². The van der Waals surface area contributed by atoms with E-state index in [9.17, 15) is 0 Å². The SMILES string of the molecule is CC1(C)CCCN(CC2Cc3nc[nH]c3CN2)CC1. The first-order valence-electron chi connectivity index (χ1n) is 7.59. The van der Waals surface area contributed by atoms with Crippen LogP contribution in [-0.4, -0.2) is 40.5 Å². The summed E-state index contributed by atoms with van der Waals surface area (Å²) in [6.45, 7) is 9.44. The van der Waals surface area contributed by atoms with Crippen molar-refractivity contribution in [1.82, 2.24) is 20.2 Å². The number of fused-ring (bicyclic) bond motifs is 1. The Morgan fingerprint density at radius 1 is 1.37 bits per heavy atom. The molecule has 0 aliphatic carbocycles. The predicted octanol–water partition coefficient (Wildman–Crippen LogP) is 1.94. The van der Waals surface area contributed by atoms with Gasteiger partial charge in [0, 0.05) is 25.6 Å². The number of hydrogen-bond donors (Lipinski definition) is 2. The van der Waals surface area contributed by atoms with Gasteiger partial charge in [-0.05, 0) is 37.8 Å². The Hall–Kier alpha value is -0.870. The summed E-state index contributed by atoms with van der Waals surface area (Å²) in [5, 5.41) is 3.64. The van der Waals surface area contributed by atoms with Gasteiger partial charge in [0.25, 0.3) is 0 Å². The molecule has 4 nitrogen and oxygen atoms in total. The Balaban J connectivity index is 1.55. The molecule has 0 saturated carbocycles. The minimum absolute atomic E-state index is 0.532. The molecule has 3 rings (SSSR count). The highest BCUT2D eigenvalue weighted by Crippen LogP contribution is 2.29. The van der Waals surface area contributed by atoms with E-state index in [-0.39, 0.29) is 0 Å². The first-order chi connectivity index (χ1) is 9.12. The van der Waals surface area contributed by atoms with Gasteiger partial charge in [-0.25, -0.2) is 4.98 Å². The van der Waals surface area contributed by atoms with E-state index in [4.69, 9.17) is 0 Å². The average Bonchev–Trinajstić information content (AvgIpc) is 2.76. The van der Waals surface area contributed by atoms with Gasteiger partial charge in [-0.15, -0.1) is 0 Å². The minimum atomic E-state index is 0.532. The van der Waals surface area contributed by atoms with Crippen LogP contribution < -0.4 is 5.32 Å². The monoisotopic (exact) mass is 262 g/mol. The van der Waals surface area contributed by atoms with Crippen LogP contribution in [0.15, 0.2) is 6.33 Å². The number of imidazole rings is 1. The lowest BCUT2D eigenvalue weighted by Crippen LogP contribution is -2.45. The molecule has 1 unspecified atom stereocenters. The fourth-order valence-corrected chi connectivity index (χ4v) is 3.33. The van der Waals surface area contributed by atoms with Gasteiger partial charge in [0.2, 0.25) is 0 Å². The summed E-state index contributed by atoms with van der Waals surface area (Å²) in [5.41, 5.74) is 3.07. The summed E-state index contributed by atoms with van der Waals surface area (Å²) in [6, 6.07) is 0.567. The highest BCUT2D eigenvalue weighted by molar-refractivity contribution is 5.16. The molecule has 0 spiro atoms. The summed E-state index contributed by atoms with van der Waals surface area (Å²) in [5.74, 6) is 0. The van der Waals surface area contributed by atoms with Crippen molar-refractivity contribution >= 4 is 0 Å². The number of hydrogen-bond acceptors (Lipinski definition) is 3. The smallest absolute Gasteiger partial charge is 0.0925 e. The second-order valence-corrected chi connectivity index (χ2v) is 6.93. The van der Waals surface area contributed by atoms with Crippen LogP contribution in [0.3, 0.4) is 0 Å². The van der Waals surface area contributed by atoms with Gasteiger partial charge in [-0.3, -0.25) is 0 Å². The Kier molecular flexibility index (Phi) is 3.63. The third kappa shape index (κ3) is 3.18. The Morgan fingerprint density at radius 3 is 3.16 bits per heavy atom. The number of nitrogens with one attached hydrogen (secondary N) is 2. The normalized spacial score (nSPS) is 27.8. The molecule has 2 aliphatic rings. The Bertz CT molecular complexity index is 424. The molecule has 1 saturated heterocycles. The molecule has 1 fully saturated rings. The van der Waals surface area contributed by atoms with Crippen LogP contribution in [0.4, 0.5) is 0 Å². The number of likely N-dealkylation sites (tertiary alicyclic amines) is 1. The molecular formula is C15H26N4. The molecule has 1 aromatic heterocycles. The largest absolute Gasteiger partial charge is 0.347 e. The first-order valence-corrected chi connectivity index (χ1v) is 7.59. The second-order valence-electron chi connectivity index (χ2n) is 6.93. The van der Waals surface area contributed by atoms with Crippen LogP contribution in [0.2, 0.25) is 0 Å². The lowest BCUT2D eigenvalue weighted by atomic mass is 9.85. The van der Waals surface area contributed by atoms with Crippen molar-refractivity contribution in [3.05, 3.63) is 17.7 Å². The third-order valence-electron chi connectivity index (χ3n) is 4.73. The third-order valence-corrected chi connectivity index (χ3v) is 4.73. The average molecular weight is 262 g/mol. The number of H-pyrrole nitrogens is 1. The van der Waals surface area contributed by atoms with E-state index in [0.717, 1.165) is 13.0 Å². The van der Waals surface area contributed by atoms with Gasteiger partial charge in [-0.1, -0.05) is 13.8 Å². The molecule has 2 N–H and O–H groups in total. The molecule has 4 heteroatoms. The van der Waals surface area contributed by atoms with Crippen LogP contribution >= 0.6 is 0 Å². The van der Waals surface area contributed by atoms with E-state index in [2.05, 4.69) is 34.0 Å². The van der Waals surface area contributed by atoms with E-state index in [1.165, 1.54) is 50.3 Å². The van der Waals surface area contributed by atoms with Crippen LogP contribution in [0, 0.1) is 5.41 Å². The molecular weight excluding hydrogens is 236 g/mol. The standard InChI is InChI=1S/C15H26N4/c1-15(2)4-3-6-19(7-5-15)10-12-8-13-14(9-16-12)18-11-17-13/h11-12,16H,3-10H2,1-2H3,(H,17,18). The molecule has 19 heavy (non-hydrogen) atoms. The molecule has 1 atom stereocenters. The second kappa shape index (κ2) is 5.25. The zero-order chi connectivity index (χ0) is 13.3. The summed E-state index contributed by atoms with van der Waals surface area (Å²) < 4.78 is 0. The van der Waals surface area contributed by atoms with Crippen LogP contribution in [-0.2, 0) is 13.0 Å². The van der Waals surface area contributed by atoms with Gasteiger partial charge < -0.3 is 15.2 Å². The summed E-state index contributed by atoms with van der Waals surface area (Å²) >= 11 is 0. The predicted molar refractivity (Wildman–Crippen MR) is 77.0 cm³/mol. The maximum absolute atomic E-state index is 4.43. The van der Waals surface area contributed by atoms with Gasteiger partial charge in [0.1, 0.15) is 0 Å². The lowest BCUT2D eigenvalue weighted by molar-refractivity contribution is 0.231. The minimum Gasteiger partial charge on any atom is -0.347 e. The molecule has 3 heterocycles. The van der Waals surface area contributed by atoms with Crippen molar-refractivity contribution in [3.63, 3.8) is 0 Å². The fraction of sp³-hybridized carbons (Fsp3) is 0.800. The molecule has 1 aromatic rings. The number of aromatic amines is 1. The van der Waals surface area contributed by atoms with Gasteiger partial charge in [0.05, 0.1) is 17.7 Å².